The number of rotatable bonds is 3. The van der Waals surface area contributed by atoms with Crippen molar-refractivity contribution in [3.63, 3.8) is 0 Å². The Hall–Kier alpha value is -3.20. The Morgan fingerprint density at radius 1 is 1.21 bits per heavy atom. The van der Waals surface area contributed by atoms with Crippen LogP contribution < -0.4 is 11.1 Å². The zero-order valence-electron chi connectivity index (χ0n) is 17.9. The van der Waals surface area contributed by atoms with Crippen molar-refractivity contribution < 1.29 is 14.0 Å². The summed E-state index contributed by atoms with van der Waals surface area (Å²) in [6, 6.07) is 4.85. The molecule has 33 heavy (non-hydrogen) atoms. The number of aromatic nitrogens is 3. The van der Waals surface area contributed by atoms with E-state index in [1.54, 1.807) is 23.1 Å². The van der Waals surface area contributed by atoms with E-state index in [0.717, 1.165) is 5.82 Å². The van der Waals surface area contributed by atoms with Crippen molar-refractivity contribution in [2.75, 3.05) is 25.4 Å². The van der Waals surface area contributed by atoms with Gasteiger partial charge < -0.3 is 20.9 Å². The van der Waals surface area contributed by atoms with Crippen molar-refractivity contribution in [2.45, 2.75) is 37.5 Å². The fourth-order valence-corrected chi connectivity index (χ4v) is 4.98. The van der Waals surface area contributed by atoms with Gasteiger partial charge in [-0.15, -0.1) is 0 Å². The second kappa shape index (κ2) is 8.62. The van der Waals surface area contributed by atoms with Crippen LogP contribution in [0.15, 0.2) is 24.4 Å². The summed E-state index contributed by atoms with van der Waals surface area (Å²) >= 11 is 5.94. The van der Waals surface area contributed by atoms with Gasteiger partial charge in [-0.05, 0) is 43.4 Å². The Balaban J connectivity index is 1.35. The number of carbonyl (C=O) groups is 2. The highest BCUT2D eigenvalue weighted by molar-refractivity contribution is 6.31. The molecule has 0 bridgehead atoms. The summed E-state index contributed by atoms with van der Waals surface area (Å²) in [5.41, 5.74) is 8.40. The second-order valence-corrected chi connectivity index (χ2v) is 9.11. The molecule has 1 unspecified atom stereocenters. The number of nitrogens with zero attached hydrogens (tertiary/aromatic N) is 3. The summed E-state index contributed by atoms with van der Waals surface area (Å²) in [5.74, 6) is 0.218. The van der Waals surface area contributed by atoms with Crippen molar-refractivity contribution in [3.8, 4) is 0 Å². The maximum Gasteiger partial charge on any atom is 0.255 e. The van der Waals surface area contributed by atoms with E-state index in [0.29, 0.717) is 78.3 Å². The Labute approximate surface area is 194 Å². The lowest BCUT2D eigenvalue weighted by Gasteiger charge is -2.32. The molecule has 2 fully saturated rings. The SMILES string of the molecule is Nc1cc(Cl)ccc1C(=O)N1CCC(c2c(F)cnc3nc(C4CCC(=O)NC4)[nH]c23)CC1. The molecule has 2 aliphatic rings. The molecule has 1 aromatic carbocycles. The number of imidazole rings is 1. The van der Waals surface area contributed by atoms with Gasteiger partial charge in [0.2, 0.25) is 5.91 Å². The van der Waals surface area contributed by atoms with Gasteiger partial charge in [-0.2, -0.15) is 0 Å². The van der Waals surface area contributed by atoms with Crippen LogP contribution in [-0.2, 0) is 4.79 Å². The molecule has 2 aromatic heterocycles. The van der Waals surface area contributed by atoms with Crippen LogP contribution in [0, 0.1) is 5.82 Å². The molecule has 0 aliphatic carbocycles. The zero-order chi connectivity index (χ0) is 23.1. The van der Waals surface area contributed by atoms with Gasteiger partial charge in [0.15, 0.2) is 5.65 Å². The molecule has 1 atom stereocenters. The molecule has 4 N–H and O–H groups in total. The lowest BCUT2D eigenvalue weighted by Crippen LogP contribution is -2.38. The van der Waals surface area contributed by atoms with Gasteiger partial charge >= 0.3 is 0 Å². The summed E-state index contributed by atoms with van der Waals surface area (Å²) in [4.78, 5) is 38.2. The van der Waals surface area contributed by atoms with Crippen molar-refractivity contribution in [2.24, 2.45) is 0 Å². The number of anilines is 1. The minimum atomic E-state index is -0.374. The first-order valence-electron chi connectivity index (χ1n) is 11.1. The van der Waals surface area contributed by atoms with Gasteiger partial charge in [-0.3, -0.25) is 9.59 Å². The zero-order valence-corrected chi connectivity index (χ0v) is 18.7. The van der Waals surface area contributed by atoms with E-state index in [9.17, 15) is 14.0 Å². The molecular formula is C23H24ClFN6O2. The van der Waals surface area contributed by atoms with Gasteiger partial charge in [0.25, 0.3) is 5.91 Å². The Morgan fingerprint density at radius 2 is 2.00 bits per heavy atom. The van der Waals surface area contributed by atoms with E-state index in [1.807, 2.05) is 0 Å². The number of amides is 2. The maximum atomic E-state index is 14.9. The third kappa shape index (κ3) is 4.13. The normalized spacial score (nSPS) is 19.6. The number of fused-ring (bicyclic) bond motifs is 1. The first-order chi connectivity index (χ1) is 15.9. The number of nitrogen functional groups attached to an aromatic ring is 1. The Kier molecular flexibility index (Phi) is 5.65. The molecule has 0 saturated carbocycles. The van der Waals surface area contributed by atoms with Crippen LogP contribution in [0.4, 0.5) is 10.1 Å². The average molecular weight is 471 g/mol. The molecule has 3 aromatic rings. The number of likely N-dealkylation sites (tertiary alicyclic amines) is 1. The molecule has 4 heterocycles. The van der Waals surface area contributed by atoms with Crippen molar-refractivity contribution >= 4 is 40.3 Å². The van der Waals surface area contributed by atoms with E-state index in [2.05, 4.69) is 20.3 Å². The minimum absolute atomic E-state index is 0.0360. The largest absolute Gasteiger partial charge is 0.398 e. The first kappa shape index (κ1) is 21.6. The number of halogens is 2. The molecule has 0 radical (unpaired) electrons. The number of nitrogens with one attached hydrogen (secondary N) is 2. The summed E-state index contributed by atoms with van der Waals surface area (Å²) in [5, 5.41) is 3.33. The van der Waals surface area contributed by atoms with Crippen molar-refractivity contribution in [3.05, 3.63) is 52.2 Å². The number of benzene rings is 1. The van der Waals surface area contributed by atoms with Crippen LogP contribution >= 0.6 is 11.6 Å². The molecule has 0 spiro atoms. The summed E-state index contributed by atoms with van der Waals surface area (Å²) < 4.78 is 14.9. The van der Waals surface area contributed by atoms with E-state index in [-0.39, 0.29) is 29.5 Å². The number of pyridine rings is 1. The number of carbonyl (C=O) groups excluding carboxylic acids is 2. The van der Waals surface area contributed by atoms with Crippen molar-refractivity contribution in [1.82, 2.24) is 25.2 Å². The van der Waals surface area contributed by atoms with E-state index in [4.69, 9.17) is 17.3 Å². The number of H-pyrrole nitrogens is 1. The maximum absolute atomic E-state index is 14.9. The second-order valence-electron chi connectivity index (χ2n) is 8.68. The van der Waals surface area contributed by atoms with Gasteiger partial charge in [-0.1, -0.05) is 11.6 Å². The number of hydrogen-bond donors (Lipinski definition) is 3. The van der Waals surface area contributed by atoms with E-state index in [1.165, 1.54) is 6.20 Å². The van der Waals surface area contributed by atoms with E-state index >= 15 is 0 Å². The van der Waals surface area contributed by atoms with Crippen LogP contribution in [0.5, 0.6) is 0 Å². The molecule has 2 aliphatic heterocycles. The van der Waals surface area contributed by atoms with Gasteiger partial charge in [0.1, 0.15) is 11.6 Å². The predicted molar refractivity (Wildman–Crippen MR) is 123 cm³/mol. The Morgan fingerprint density at radius 3 is 2.70 bits per heavy atom. The fourth-order valence-electron chi connectivity index (χ4n) is 4.80. The molecule has 172 valence electrons. The lowest BCUT2D eigenvalue weighted by atomic mass is 9.88. The summed E-state index contributed by atoms with van der Waals surface area (Å²) in [6.07, 6.45) is 3.59. The van der Waals surface area contributed by atoms with Crippen molar-refractivity contribution in [1.29, 1.82) is 0 Å². The third-order valence-electron chi connectivity index (χ3n) is 6.62. The smallest absolute Gasteiger partial charge is 0.255 e. The molecule has 5 rings (SSSR count). The molecular weight excluding hydrogens is 447 g/mol. The molecule has 10 heteroatoms. The fraction of sp³-hybridized carbons (Fsp3) is 0.391. The van der Waals surface area contributed by atoms with Gasteiger partial charge in [-0.25, -0.2) is 14.4 Å². The quantitative estimate of drug-likeness (QED) is 0.507. The van der Waals surface area contributed by atoms with Crippen LogP contribution in [0.2, 0.25) is 5.02 Å². The standard InChI is InChI=1S/C23H24ClFN6O2/c24-14-2-3-15(17(26)9-14)23(33)31-7-5-12(6-8-31)19-16(25)11-28-22-20(19)29-21(30-22)13-1-4-18(32)27-10-13/h2-3,9,11-13H,1,4-8,10,26H2,(H,27,32)(H,28,29,30). The molecule has 2 amide bonds. The highest BCUT2D eigenvalue weighted by Crippen LogP contribution is 2.35. The average Bonchev–Trinajstić information content (AvgIpc) is 3.23. The first-order valence-corrected chi connectivity index (χ1v) is 11.4. The van der Waals surface area contributed by atoms with Crippen LogP contribution in [0.25, 0.3) is 11.2 Å². The monoisotopic (exact) mass is 470 g/mol. The summed E-state index contributed by atoms with van der Waals surface area (Å²) in [7, 11) is 0. The van der Waals surface area contributed by atoms with Crippen LogP contribution in [0.3, 0.4) is 0 Å². The highest BCUT2D eigenvalue weighted by Gasteiger charge is 2.30. The van der Waals surface area contributed by atoms with Crippen LogP contribution in [-0.4, -0.2) is 51.3 Å². The summed E-state index contributed by atoms with van der Waals surface area (Å²) in [6.45, 7) is 1.49. The van der Waals surface area contributed by atoms with Crippen LogP contribution in [0.1, 0.15) is 59.3 Å². The Bertz CT molecular complexity index is 1230. The lowest BCUT2D eigenvalue weighted by molar-refractivity contribution is -0.122. The minimum Gasteiger partial charge on any atom is -0.398 e. The molecule has 8 nitrogen and oxygen atoms in total. The van der Waals surface area contributed by atoms with Gasteiger partial charge in [0, 0.05) is 48.2 Å². The number of piperidine rings is 2. The third-order valence-corrected chi connectivity index (χ3v) is 6.85. The highest BCUT2D eigenvalue weighted by atomic mass is 35.5. The van der Waals surface area contributed by atoms with E-state index < -0.39 is 0 Å². The number of nitrogens with two attached hydrogens (primary N) is 1. The number of aromatic amines is 1. The number of hydrogen-bond acceptors (Lipinski definition) is 5. The predicted octanol–water partition coefficient (Wildman–Crippen LogP) is 3.35. The topological polar surface area (TPSA) is 117 Å². The van der Waals surface area contributed by atoms with Gasteiger partial charge in [0.05, 0.1) is 17.3 Å². The molecule has 2 saturated heterocycles.